The molecular formula is C24H18N4O3. The second-order valence-corrected chi connectivity index (χ2v) is 7.04. The first-order valence-electron chi connectivity index (χ1n) is 9.89. The zero-order valence-electron chi connectivity index (χ0n) is 16.5. The second kappa shape index (κ2) is 7.87. The molecule has 1 aliphatic heterocycles. The van der Waals surface area contributed by atoms with Crippen LogP contribution in [0, 0.1) is 0 Å². The van der Waals surface area contributed by atoms with Crippen LogP contribution in [-0.4, -0.2) is 28.0 Å². The van der Waals surface area contributed by atoms with E-state index in [1.807, 2.05) is 42.5 Å². The van der Waals surface area contributed by atoms with Gasteiger partial charge in [-0.2, -0.15) is 14.9 Å². The first kappa shape index (κ1) is 18.7. The molecule has 1 amide bonds. The quantitative estimate of drug-likeness (QED) is 0.525. The Hall–Kier alpha value is -4.26. The highest BCUT2D eigenvalue weighted by Crippen LogP contribution is 2.24. The number of hydrogen-bond acceptors (Lipinski definition) is 5. The summed E-state index contributed by atoms with van der Waals surface area (Å²) in [5.41, 5.74) is 4.62. The van der Waals surface area contributed by atoms with Gasteiger partial charge in [-0.25, -0.2) is 5.43 Å². The van der Waals surface area contributed by atoms with Crippen molar-refractivity contribution in [3.8, 4) is 11.4 Å². The minimum atomic E-state index is -0.489. The molecule has 152 valence electrons. The zero-order chi connectivity index (χ0) is 21.2. The molecule has 0 saturated heterocycles. The zero-order valence-corrected chi connectivity index (χ0v) is 16.5. The van der Waals surface area contributed by atoms with Crippen LogP contribution < -0.4 is 15.7 Å². The van der Waals surface area contributed by atoms with Gasteiger partial charge in [-0.1, -0.05) is 48.5 Å². The molecule has 0 bridgehead atoms. The monoisotopic (exact) mass is 410 g/mol. The molecule has 0 unspecified atom stereocenters. The summed E-state index contributed by atoms with van der Waals surface area (Å²) in [7, 11) is 0. The fraction of sp³-hybridized carbons (Fsp3) is 0.0833. The largest absolute Gasteiger partial charge is 0.492 e. The van der Waals surface area contributed by atoms with Crippen molar-refractivity contribution < 1.29 is 9.53 Å². The van der Waals surface area contributed by atoms with Crippen LogP contribution >= 0.6 is 0 Å². The van der Waals surface area contributed by atoms with Crippen LogP contribution in [0.1, 0.15) is 22.5 Å². The molecule has 1 aliphatic rings. The van der Waals surface area contributed by atoms with Crippen molar-refractivity contribution in [2.75, 3.05) is 6.61 Å². The lowest BCUT2D eigenvalue weighted by Gasteiger charge is -2.18. The Morgan fingerprint density at radius 3 is 2.48 bits per heavy atom. The Kier molecular flexibility index (Phi) is 4.76. The molecule has 3 aromatic carbocycles. The van der Waals surface area contributed by atoms with Gasteiger partial charge in [0.1, 0.15) is 5.75 Å². The van der Waals surface area contributed by atoms with Crippen LogP contribution in [0.25, 0.3) is 16.5 Å². The minimum Gasteiger partial charge on any atom is -0.492 e. The van der Waals surface area contributed by atoms with Gasteiger partial charge in [0, 0.05) is 17.4 Å². The van der Waals surface area contributed by atoms with Crippen molar-refractivity contribution >= 4 is 22.4 Å². The average Bonchev–Trinajstić information content (AvgIpc) is 2.83. The summed E-state index contributed by atoms with van der Waals surface area (Å²) in [6.45, 7) is 0.492. The first-order valence-corrected chi connectivity index (χ1v) is 9.89. The van der Waals surface area contributed by atoms with Gasteiger partial charge in [0.25, 0.3) is 11.5 Å². The number of hydrazone groups is 1. The molecule has 31 heavy (non-hydrogen) atoms. The third kappa shape index (κ3) is 3.46. The maximum Gasteiger partial charge on any atom is 0.292 e. The Morgan fingerprint density at radius 2 is 1.65 bits per heavy atom. The number of aromatic nitrogens is 2. The van der Waals surface area contributed by atoms with Crippen molar-refractivity contribution in [2.24, 2.45) is 5.10 Å². The van der Waals surface area contributed by atoms with Crippen molar-refractivity contribution in [1.82, 2.24) is 15.2 Å². The molecule has 7 nitrogen and oxygen atoms in total. The van der Waals surface area contributed by atoms with E-state index in [1.165, 1.54) is 4.68 Å². The van der Waals surface area contributed by atoms with E-state index in [2.05, 4.69) is 15.6 Å². The van der Waals surface area contributed by atoms with Crippen molar-refractivity contribution in [1.29, 1.82) is 0 Å². The highest BCUT2D eigenvalue weighted by atomic mass is 16.5. The number of carbonyl (C=O) groups excluding carboxylic acids is 1. The molecule has 0 radical (unpaired) electrons. The number of nitrogens with one attached hydrogen (secondary N) is 1. The van der Waals surface area contributed by atoms with Crippen LogP contribution in [0.3, 0.4) is 0 Å². The number of para-hydroxylation sites is 2. The van der Waals surface area contributed by atoms with Crippen LogP contribution in [-0.2, 0) is 0 Å². The van der Waals surface area contributed by atoms with Gasteiger partial charge in [0.2, 0.25) is 0 Å². The molecule has 5 rings (SSSR count). The lowest BCUT2D eigenvalue weighted by atomic mass is 10.0. The molecule has 0 spiro atoms. The Labute approximate surface area is 177 Å². The fourth-order valence-electron chi connectivity index (χ4n) is 3.61. The van der Waals surface area contributed by atoms with E-state index in [0.717, 1.165) is 17.0 Å². The number of benzene rings is 3. The molecule has 0 fully saturated rings. The third-order valence-electron chi connectivity index (χ3n) is 5.11. The lowest BCUT2D eigenvalue weighted by molar-refractivity contribution is 0.0950. The summed E-state index contributed by atoms with van der Waals surface area (Å²) in [4.78, 5) is 26.1. The van der Waals surface area contributed by atoms with Crippen molar-refractivity contribution in [3.05, 3.63) is 100 Å². The molecule has 0 saturated carbocycles. The second-order valence-electron chi connectivity index (χ2n) is 7.04. The number of hydrogen-bond donors (Lipinski definition) is 1. The molecule has 7 heteroatoms. The minimum absolute atomic E-state index is 0.128. The molecule has 1 N–H and O–H groups in total. The topological polar surface area (TPSA) is 85.6 Å². The van der Waals surface area contributed by atoms with Gasteiger partial charge in [-0.05, 0) is 30.3 Å². The predicted molar refractivity (Wildman–Crippen MR) is 118 cm³/mol. The number of rotatable bonds is 3. The summed E-state index contributed by atoms with van der Waals surface area (Å²) >= 11 is 0. The Balaban J connectivity index is 1.57. The highest BCUT2D eigenvalue weighted by Gasteiger charge is 2.19. The third-order valence-corrected chi connectivity index (χ3v) is 5.11. The smallest absolute Gasteiger partial charge is 0.292 e. The molecule has 1 aromatic heterocycles. The maximum absolute atomic E-state index is 13.1. The molecule has 4 aromatic rings. The van der Waals surface area contributed by atoms with E-state index in [0.29, 0.717) is 29.5 Å². The van der Waals surface area contributed by atoms with E-state index < -0.39 is 5.91 Å². The normalized spacial score (nSPS) is 14.1. The van der Waals surface area contributed by atoms with E-state index in [9.17, 15) is 9.59 Å². The lowest BCUT2D eigenvalue weighted by Crippen LogP contribution is -2.29. The molecule has 0 atom stereocenters. The van der Waals surface area contributed by atoms with Crippen LogP contribution in [0.5, 0.6) is 5.75 Å². The van der Waals surface area contributed by atoms with Gasteiger partial charge in [-0.15, -0.1) is 0 Å². The molecular weight excluding hydrogens is 392 g/mol. The van der Waals surface area contributed by atoms with Crippen LogP contribution in [0.15, 0.2) is 88.8 Å². The summed E-state index contributed by atoms with van der Waals surface area (Å²) < 4.78 is 6.88. The number of amides is 1. The van der Waals surface area contributed by atoms with Crippen molar-refractivity contribution in [2.45, 2.75) is 6.42 Å². The van der Waals surface area contributed by atoms with Gasteiger partial charge >= 0.3 is 0 Å². The SMILES string of the molecule is O=C(N/N=C1/CCOc2ccccc21)c1nn(-c2ccccc2)c(=O)c2ccccc12. The summed E-state index contributed by atoms with van der Waals surface area (Å²) in [5.74, 6) is 0.250. The standard InChI is InChI=1S/C24H18N4O3/c29-23(26-25-20-14-15-31-21-13-7-6-12-19(20)21)22-17-10-4-5-11-18(17)24(30)28(27-22)16-8-2-1-3-9-16/h1-13H,14-15H2,(H,26,29)/b25-20-. The number of nitrogens with zero attached hydrogens (tertiary/aromatic N) is 3. The Bertz CT molecular complexity index is 1380. The summed E-state index contributed by atoms with van der Waals surface area (Å²) in [6, 6.07) is 23.5. The average molecular weight is 410 g/mol. The summed E-state index contributed by atoms with van der Waals surface area (Å²) in [5, 5.41) is 9.61. The van der Waals surface area contributed by atoms with Gasteiger partial charge < -0.3 is 4.74 Å². The van der Waals surface area contributed by atoms with E-state index >= 15 is 0 Å². The fourth-order valence-corrected chi connectivity index (χ4v) is 3.61. The van der Waals surface area contributed by atoms with Gasteiger partial charge in [-0.3, -0.25) is 9.59 Å². The van der Waals surface area contributed by atoms with E-state index in [4.69, 9.17) is 4.74 Å². The molecule has 0 aliphatic carbocycles. The number of fused-ring (bicyclic) bond motifs is 2. The van der Waals surface area contributed by atoms with Crippen LogP contribution in [0.4, 0.5) is 0 Å². The first-order chi connectivity index (χ1) is 15.2. The molecule has 2 heterocycles. The summed E-state index contributed by atoms with van der Waals surface area (Å²) in [6.07, 6.45) is 0.578. The van der Waals surface area contributed by atoms with Gasteiger partial charge in [0.05, 0.1) is 23.4 Å². The maximum atomic E-state index is 13.1. The Morgan fingerprint density at radius 1 is 0.935 bits per heavy atom. The van der Waals surface area contributed by atoms with Crippen molar-refractivity contribution in [3.63, 3.8) is 0 Å². The number of ether oxygens (including phenoxy) is 1. The van der Waals surface area contributed by atoms with E-state index in [1.54, 1.807) is 36.4 Å². The highest BCUT2D eigenvalue weighted by molar-refractivity contribution is 6.07. The number of carbonyl (C=O) groups is 1. The van der Waals surface area contributed by atoms with Crippen LogP contribution in [0.2, 0.25) is 0 Å². The van der Waals surface area contributed by atoms with Gasteiger partial charge in [0.15, 0.2) is 5.69 Å². The van der Waals surface area contributed by atoms with E-state index in [-0.39, 0.29) is 11.3 Å². The predicted octanol–water partition coefficient (Wildman–Crippen LogP) is 3.30.